The van der Waals surface area contributed by atoms with Crippen molar-refractivity contribution in [2.24, 2.45) is 16.2 Å². The predicted octanol–water partition coefficient (Wildman–Crippen LogP) is 5.43. The van der Waals surface area contributed by atoms with E-state index in [-0.39, 0.29) is 27.8 Å². The Morgan fingerprint density at radius 2 is 1.14 bits per heavy atom. The van der Waals surface area contributed by atoms with E-state index in [0.29, 0.717) is 5.78 Å². The van der Waals surface area contributed by atoms with Crippen molar-refractivity contribution in [3.8, 4) is 0 Å². The highest BCUT2D eigenvalue weighted by Gasteiger charge is 2.53. The van der Waals surface area contributed by atoms with Crippen LogP contribution in [-0.2, 0) is 4.79 Å². The highest BCUT2D eigenvalue weighted by molar-refractivity contribution is 6.04. The summed E-state index contributed by atoms with van der Waals surface area (Å²) >= 11 is 0. The Hall–Kier alpha value is -0.790. The quantitative estimate of drug-likeness (QED) is 0.594. The molecule has 0 N–H and O–H groups in total. The first kappa shape index (κ1) is 19.3. The Labute approximate surface area is 138 Å². The van der Waals surface area contributed by atoms with Crippen molar-refractivity contribution in [2.45, 2.75) is 94.7 Å². The van der Waals surface area contributed by atoms with Gasteiger partial charge in [-0.3, -0.25) is 4.79 Å². The van der Waals surface area contributed by atoms with Crippen molar-refractivity contribution in [3.63, 3.8) is 0 Å². The van der Waals surface area contributed by atoms with Gasteiger partial charge in [0, 0.05) is 22.2 Å². The van der Waals surface area contributed by atoms with Gasteiger partial charge >= 0.3 is 0 Å². The van der Waals surface area contributed by atoms with E-state index < -0.39 is 0 Å². The number of Topliss-reactive ketones (excluding diaryl/α,β-unsaturated/α-hetero) is 1. The number of nitrogens with zero attached hydrogens (tertiary/aromatic N) is 1. The fourth-order valence-corrected chi connectivity index (χ4v) is 3.58. The SMILES string of the molecule is CC(C)(C)C1=C(C(C)(C)C)N(C(C)(C)C)C(C(C)(C)C)C1=O. The molecule has 0 bridgehead atoms. The smallest absolute Gasteiger partial charge is 0.184 e. The summed E-state index contributed by atoms with van der Waals surface area (Å²) in [4.78, 5) is 15.8. The van der Waals surface area contributed by atoms with Crippen LogP contribution in [0, 0.1) is 16.2 Å². The maximum Gasteiger partial charge on any atom is 0.184 e. The molecule has 128 valence electrons. The van der Waals surface area contributed by atoms with Crippen molar-refractivity contribution in [3.05, 3.63) is 11.3 Å². The fourth-order valence-electron chi connectivity index (χ4n) is 3.58. The fraction of sp³-hybridized carbons (Fsp3) is 0.850. The number of hydrogen-bond donors (Lipinski definition) is 0. The van der Waals surface area contributed by atoms with Crippen LogP contribution < -0.4 is 0 Å². The molecule has 1 heterocycles. The molecule has 1 aliphatic heterocycles. The van der Waals surface area contributed by atoms with E-state index >= 15 is 0 Å². The van der Waals surface area contributed by atoms with Crippen LogP contribution in [0.5, 0.6) is 0 Å². The number of ketones is 1. The highest BCUT2D eigenvalue weighted by atomic mass is 16.1. The minimum atomic E-state index is -0.136. The lowest BCUT2D eigenvalue weighted by Gasteiger charge is -2.48. The van der Waals surface area contributed by atoms with Crippen LogP contribution in [0.15, 0.2) is 11.3 Å². The van der Waals surface area contributed by atoms with E-state index in [4.69, 9.17) is 0 Å². The lowest BCUT2D eigenvalue weighted by Crippen LogP contribution is -2.53. The minimum absolute atomic E-state index is 0.0500. The largest absolute Gasteiger partial charge is 0.358 e. The Balaban J connectivity index is 3.77. The topological polar surface area (TPSA) is 20.3 Å². The summed E-state index contributed by atoms with van der Waals surface area (Å²) in [6.07, 6.45) is 0. The molecule has 2 heteroatoms. The highest BCUT2D eigenvalue weighted by Crippen LogP contribution is 2.50. The van der Waals surface area contributed by atoms with Gasteiger partial charge in [-0.25, -0.2) is 0 Å². The second kappa shape index (κ2) is 5.11. The van der Waals surface area contributed by atoms with Gasteiger partial charge in [-0.1, -0.05) is 62.3 Å². The molecular formula is C20H37NO. The monoisotopic (exact) mass is 307 g/mol. The molecule has 0 radical (unpaired) electrons. The van der Waals surface area contributed by atoms with E-state index in [9.17, 15) is 4.79 Å². The van der Waals surface area contributed by atoms with Gasteiger partial charge in [0.1, 0.15) is 0 Å². The van der Waals surface area contributed by atoms with Crippen molar-refractivity contribution in [1.82, 2.24) is 4.90 Å². The summed E-state index contributed by atoms with van der Waals surface area (Å²) in [5, 5.41) is 0. The van der Waals surface area contributed by atoms with Crippen LogP contribution >= 0.6 is 0 Å². The lowest BCUT2D eigenvalue weighted by molar-refractivity contribution is -0.123. The maximum atomic E-state index is 13.4. The van der Waals surface area contributed by atoms with Gasteiger partial charge in [0.2, 0.25) is 0 Å². The van der Waals surface area contributed by atoms with Crippen LogP contribution in [0.25, 0.3) is 0 Å². The van der Waals surface area contributed by atoms with Gasteiger partial charge in [-0.15, -0.1) is 0 Å². The molecule has 0 saturated carbocycles. The molecule has 0 aromatic heterocycles. The van der Waals surface area contributed by atoms with E-state index in [0.717, 1.165) is 5.57 Å². The number of hydrogen-bond acceptors (Lipinski definition) is 2. The summed E-state index contributed by atoms with van der Waals surface area (Å²) in [5.41, 5.74) is 1.90. The van der Waals surface area contributed by atoms with Crippen molar-refractivity contribution < 1.29 is 4.79 Å². The second-order valence-corrected chi connectivity index (χ2v) is 10.9. The molecular weight excluding hydrogens is 270 g/mol. The summed E-state index contributed by atoms with van der Waals surface area (Å²) in [5.74, 6) is 0.319. The molecule has 0 aliphatic carbocycles. The Bertz CT molecular complexity index is 484. The Morgan fingerprint density at radius 1 is 0.727 bits per heavy atom. The molecule has 0 aromatic rings. The molecule has 1 unspecified atom stereocenters. The maximum absolute atomic E-state index is 13.4. The zero-order chi connectivity index (χ0) is 17.9. The number of rotatable bonds is 0. The Kier molecular flexibility index (Phi) is 4.47. The molecule has 0 spiro atoms. The molecule has 0 saturated heterocycles. The second-order valence-electron chi connectivity index (χ2n) is 10.9. The van der Waals surface area contributed by atoms with Gasteiger partial charge in [0.25, 0.3) is 0 Å². The zero-order valence-corrected chi connectivity index (χ0v) is 16.9. The number of carbonyl (C=O) groups excluding carboxylic acids is 1. The van der Waals surface area contributed by atoms with Gasteiger partial charge in [-0.2, -0.15) is 0 Å². The number of allylic oxidation sites excluding steroid dienone is 1. The molecule has 22 heavy (non-hydrogen) atoms. The zero-order valence-electron chi connectivity index (χ0n) is 16.9. The van der Waals surface area contributed by atoms with Gasteiger partial charge in [0.05, 0.1) is 6.04 Å². The van der Waals surface area contributed by atoms with E-state index in [2.05, 4.69) is 88.0 Å². The molecule has 0 aromatic carbocycles. The first-order chi connectivity index (χ1) is 9.40. The summed E-state index contributed by atoms with van der Waals surface area (Å²) < 4.78 is 0. The van der Waals surface area contributed by atoms with E-state index in [1.807, 2.05) is 0 Å². The van der Waals surface area contributed by atoms with Crippen molar-refractivity contribution in [1.29, 1.82) is 0 Å². The molecule has 0 amide bonds. The first-order valence-electron chi connectivity index (χ1n) is 8.49. The first-order valence-corrected chi connectivity index (χ1v) is 8.49. The van der Waals surface area contributed by atoms with Crippen LogP contribution in [0.3, 0.4) is 0 Å². The lowest BCUT2D eigenvalue weighted by atomic mass is 9.76. The molecule has 1 rings (SSSR count). The normalized spacial score (nSPS) is 21.9. The van der Waals surface area contributed by atoms with Crippen molar-refractivity contribution >= 4 is 5.78 Å². The standard InChI is InChI=1S/C20H37NO/c1-17(2,3)13-14(22)16(19(7,8)9)21(20(10,11)12)15(13)18(4,5)6/h16H,1-12H3. The van der Waals surface area contributed by atoms with Gasteiger partial charge in [0.15, 0.2) is 5.78 Å². The molecule has 2 nitrogen and oxygen atoms in total. The summed E-state index contributed by atoms with van der Waals surface area (Å²) in [6.45, 7) is 26.4. The third kappa shape index (κ3) is 3.41. The third-order valence-electron chi connectivity index (χ3n) is 4.23. The molecule has 0 fully saturated rings. The molecule has 1 atom stereocenters. The van der Waals surface area contributed by atoms with Crippen LogP contribution in [0.2, 0.25) is 0 Å². The Morgan fingerprint density at radius 3 is 1.36 bits per heavy atom. The van der Waals surface area contributed by atoms with Crippen LogP contribution in [-0.4, -0.2) is 22.3 Å². The van der Waals surface area contributed by atoms with E-state index in [1.54, 1.807) is 0 Å². The van der Waals surface area contributed by atoms with Gasteiger partial charge < -0.3 is 4.90 Å². The van der Waals surface area contributed by atoms with Crippen molar-refractivity contribution in [2.75, 3.05) is 0 Å². The summed E-state index contributed by atoms with van der Waals surface area (Å²) in [6, 6.07) is -0.0871. The van der Waals surface area contributed by atoms with Gasteiger partial charge in [-0.05, 0) is 31.6 Å². The minimum Gasteiger partial charge on any atom is -0.358 e. The molecule has 1 aliphatic rings. The van der Waals surface area contributed by atoms with E-state index in [1.165, 1.54) is 5.70 Å². The van der Waals surface area contributed by atoms with Crippen LogP contribution in [0.1, 0.15) is 83.1 Å². The number of carbonyl (C=O) groups is 1. The third-order valence-corrected chi connectivity index (χ3v) is 4.23. The summed E-state index contributed by atoms with van der Waals surface area (Å²) in [7, 11) is 0. The predicted molar refractivity (Wildman–Crippen MR) is 95.8 cm³/mol. The average Bonchev–Trinajstić information content (AvgIpc) is 2.48. The average molecular weight is 308 g/mol. The van der Waals surface area contributed by atoms with Crippen LogP contribution in [0.4, 0.5) is 0 Å².